The summed E-state index contributed by atoms with van der Waals surface area (Å²) in [6, 6.07) is 13.4. The molecule has 0 radical (unpaired) electrons. The number of nitrogens with one attached hydrogen (secondary N) is 1. The number of hydrogen-bond donors (Lipinski definition) is 2. The van der Waals surface area contributed by atoms with E-state index in [0.29, 0.717) is 12.1 Å². The Hall–Kier alpha value is -1.89. The molecule has 4 nitrogen and oxygen atoms in total. The third-order valence-electron chi connectivity index (χ3n) is 4.20. The zero-order valence-electron chi connectivity index (χ0n) is 14.5. The van der Waals surface area contributed by atoms with Crippen molar-refractivity contribution in [2.45, 2.75) is 27.2 Å². The largest absolute Gasteiger partial charge is 0.481 e. The Bertz CT molecular complexity index is 768. The maximum absolute atomic E-state index is 12.6. The number of carboxylic acids is 1. The molecule has 2 aromatic rings. The molecule has 2 atom stereocenters. The molecule has 5 heteroatoms. The van der Waals surface area contributed by atoms with Crippen LogP contribution in [0.2, 0.25) is 0 Å². The Balaban J connectivity index is 2.17. The topological polar surface area (TPSA) is 66.4 Å². The summed E-state index contributed by atoms with van der Waals surface area (Å²) < 4.78 is 0.918. The quantitative estimate of drug-likeness (QED) is 0.639. The van der Waals surface area contributed by atoms with E-state index in [2.05, 4.69) is 27.9 Å². The van der Waals surface area contributed by atoms with Crippen LogP contribution in [0.4, 0.5) is 5.69 Å². The summed E-state index contributed by atoms with van der Waals surface area (Å²) in [6.07, 6.45) is 0.332. The van der Waals surface area contributed by atoms with E-state index in [-0.39, 0.29) is 5.91 Å². The zero-order chi connectivity index (χ0) is 18.6. The number of carbonyl (C=O) groups excluding carboxylic acids is 1. The third-order valence-corrected chi connectivity index (χ3v) is 5.14. The van der Waals surface area contributed by atoms with E-state index in [1.54, 1.807) is 6.92 Å². The number of hydrogen-bond acceptors (Lipinski definition) is 2. The van der Waals surface area contributed by atoms with Crippen molar-refractivity contribution in [2.75, 3.05) is 5.32 Å². The average Bonchev–Trinajstić information content (AvgIpc) is 2.53. The smallest absolute Gasteiger partial charge is 0.307 e. The fourth-order valence-corrected chi connectivity index (χ4v) is 3.43. The van der Waals surface area contributed by atoms with Gasteiger partial charge >= 0.3 is 5.97 Å². The molecular weight excluding hydrogens is 429 g/mol. The van der Waals surface area contributed by atoms with Crippen LogP contribution in [0.15, 0.2) is 42.5 Å². The standard InChI is InChI=1S/C20H22INO3/c1-12-8-13(2)10-15(9-12)11-16(20(24)25)14(3)19(23)22-18-7-5-4-6-17(18)21/h4-10,14,16H,11H2,1-3H3,(H,22,23)(H,24,25)/t14-,16-/m0/s1. The van der Waals surface area contributed by atoms with Crippen LogP contribution in [-0.2, 0) is 16.0 Å². The first-order valence-corrected chi connectivity index (χ1v) is 9.21. The van der Waals surface area contributed by atoms with E-state index in [9.17, 15) is 14.7 Å². The van der Waals surface area contributed by atoms with Gasteiger partial charge in [-0.1, -0.05) is 48.4 Å². The predicted octanol–water partition coefficient (Wildman–Crippen LogP) is 4.43. The Kier molecular flexibility index (Phi) is 6.58. The van der Waals surface area contributed by atoms with Crippen molar-refractivity contribution in [3.05, 3.63) is 62.7 Å². The van der Waals surface area contributed by atoms with Crippen molar-refractivity contribution in [2.24, 2.45) is 11.8 Å². The van der Waals surface area contributed by atoms with Gasteiger partial charge in [0.15, 0.2) is 0 Å². The lowest BCUT2D eigenvalue weighted by Gasteiger charge is -2.20. The van der Waals surface area contributed by atoms with Gasteiger partial charge in [0.2, 0.25) is 5.91 Å². The van der Waals surface area contributed by atoms with Gasteiger partial charge in [0.1, 0.15) is 0 Å². The SMILES string of the molecule is Cc1cc(C)cc(C[C@H](C(=O)O)[C@H](C)C(=O)Nc2ccccc2I)c1. The molecule has 25 heavy (non-hydrogen) atoms. The molecule has 0 heterocycles. The first kappa shape index (κ1) is 19.4. The number of rotatable bonds is 6. The second-order valence-electron chi connectivity index (χ2n) is 6.40. The Morgan fingerprint density at radius 2 is 1.72 bits per heavy atom. The molecule has 2 N–H and O–H groups in total. The number of aliphatic carboxylic acids is 1. The van der Waals surface area contributed by atoms with E-state index in [1.165, 1.54) is 0 Å². The van der Waals surface area contributed by atoms with Gasteiger partial charge in [0.25, 0.3) is 0 Å². The average molecular weight is 451 g/mol. The summed E-state index contributed by atoms with van der Waals surface area (Å²) in [7, 11) is 0. The molecule has 1 amide bonds. The van der Waals surface area contributed by atoms with Crippen LogP contribution in [0.5, 0.6) is 0 Å². The maximum Gasteiger partial charge on any atom is 0.307 e. The van der Waals surface area contributed by atoms with Gasteiger partial charge in [-0.15, -0.1) is 0 Å². The van der Waals surface area contributed by atoms with Gasteiger partial charge in [-0.2, -0.15) is 0 Å². The van der Waals surface area contributed by atoms with Crippen molar-refractivity contribution >= 4 is 40.2 Å². The molecule has 132 valence electrons. The Morgan fingerprint density at radius 3 is 2.28 bits per heavy atom. The van der Waals surface area contributed by atoms with Crippen molar-refractivity contribution in [3.8, 4) is 0 Å². The lowest BCUT2D eigenvalue weighted by Crippen LogP contribution is -2.33. The minimum Gasteiger partial charge on any atom is -0.481 e. The second kappa shape index (κ2) is 8.47. The van der Waals surface area contributed by atoms with Crippen LogP contribution in [0.1, 0.15) is 23.6 Å². The van der Waals surface area contributed by atoms with Gasteiger partial charge in [-0.05, 0) is 60.6 Å². The van der Waals surface area contributed by atoms with Gasteiger partial charge in [-0.25, -0.2) is 0 Å². The van der Waals surface area contributed by atoms with Crippen molar-refractivity contribution in [1.29, 1.82) is 0 Å². The molecule has 2 aromatic carbocycles. The molecule has 0 unspecified atom stereocenters. The summed E-state index contributed by atoms with van der Waals surface area (Å²) >= 11 is 2.14. The zero-order valence-corrected chi connectivity index (χ0v) is 16.7. The minimum atomic E-state index is -0.954. The first-order valence-electron chi connectivity index (χ1n) is 8.13. The molecule has 0 aliphatic heterocycles. The van der Waals surface area contributed by atoms with Crippen LogP contribution < -0.4 is 5.32 Å². The summed E-state index contributed by atoms with van der Waals surface area (Å²) in [5.41, 5.74) is 3.83. The summed E-state index contributed by atoms with van der Waals surface area (Å²) in [4.78, 5) is 24.3. The van der Waals surface area contributed by atoms with Crippen LogP contribution in [0.3, 0.4) is 0 Å². The highest BCUT2D eigenvalue weighted by Crippen LogP contribution is 2.23. The van der Waals surface area contributed by atoms with Gasteiger partial charge in [-0.3, -0.25) is 9.59 Å². The van der Waals surface area contributed by atoms with Crippen molar-refractivity contribution in [1.82, 2.24) is 0 Å². The number of anilines is 1. The highest BCUT2D eigenvalue weighted by atomic mass is 127. The maximum atomic E-state index is 12.6. The fourth-order valence-electron chi connectivity index (χ4n) is 2.91. The summed E-state index contributed by atoms with van der Waals surface area (Å²) in [5, 5.41) is 12.5. The lowest BCUT2D eigenvalue weighted by molar-refractivity contribution is -0.145. The van der Waals surface area contributed by atoms with Gasteiger partial charge < -0.3 is 10.4 Å². The molecule has 0 bridgehead atoms. The van der Waals surface area contributed by atoms with Crippen LogP contribution in [-0.4, -0.2) is 17.0 Å². The third kappa shape index (κ3) is 5.29. The molecule has 0 saturated heterocycles. The number of aryl methyl sites for hydroxylation is 2. The van der Waals surface area contributed by atoms with Crippen molar-refractivity contribution < 1.29 is 14.7 Å². The number of benzene rings is 2. The van der Waals surface area contributed by atoms with Crippen molar-refractivity contribution in [3.63, 3.8) is 0 Å². The first-order chi connectivity index (χ1) is 11.8. The van der Waals surface area contributed by atoms with E-state index >= 15 is 0 Å². The molecule has 0 aliphatic carbocycles. The van der Waals surface area contributed by atoms with Crippen LogP contribution in [0, 0.1) is 29.3 Å². The van der Waals surface area contributed by atoms with Gasteiger partial charge in [0.05, 0.1) is 11.6 Å². The highest BCUT2D eigenvalue weighted by molar-refractivity contribution is 14.1. The number of halogens is 1. The van der Waals surface area contributed by atoms with Crippen LogP contribution >= 0.6 is 22.6 Å². The second-order valence-corrected chi connectivity index (χ2v) is 7.56. The van der Waals surface area contributed by atoms with Gasteiger partial charge in [0, 0.05) is 9.49 Å². The molecule has 0 aromatic heterocycles. The molecule has 2 rings (SSSR count). The lowest BCUT2D eigenvalue weighted by atomic mass is 9.86. The number of carboxylic acid groups (broad SMARTS) is 1. The fraction of sp³-hybridized carbons (Fsp3) is 0.300. The molecule has 0 saturated carbocycles. The van der Waals surface area contributed by atoms with E-state index in [1.807, 2.05) is 56.3 Å². The Labute approximate surface area is 161 Å². The molecule has 0 fully saturated rings. The van der Waals surface area contributed by atoms with E-state index in [4.69, 9.17) is 0 Å². The number of para-hydroxylation sites is 1. The monoisotopic (exact) mass is 451 g/mol. The number of amides is 1. The normalized spacial score (nSPS) is 13.1. The van der Waals surface area contributed by atoms with E-state index in [0.717, 1.165) is 20.3 Å². The minimum absolute atomic E-state index is 0.277. The summed E-state index contributed by atoms with van der Waals surface area (Å²) in [6.45, 7) is 5.64. The molecule has 0 spiro atoms. The Morgan fingerprint density at radius 1 is 1.12 bits per heavy atom. The predicted molar refractivity (Wildman–Crippen MR) is 108 cm³/mol. The van der Waals surface area contributed by atoms with Crippen LogP contribution in [0.25, 0.3) is 0 Å². The highest BCUT2D eigenvalue weighted by Gasteiger charge is 2.30. The molecule has 0 aliphatic rings. The molecular formula is C20H22INO3. The number of carbonyl (C=O) groups is 2. The van der Waals surface area contributed by atoms with E-state index < -0.39 is 17.8 Å². The summed E-state index contributed by atoms with van der Waals surface area (Å²) in [5.74, 6) is -2.65.